The molecule has 0 aliphatic carbocycles. The van der Waals surface area contributed by atoms with Crippen LogP contribution in [0.15, 0.2) is 54.9 Å². The van der Waals surface area contributed by atoms with Crippen molar-refractivity contribution in [1.82, 2.24) is 4.57 Å². The topological polar surface area (TPSA) is 35.1 Å². The second-order valence-electron chi connectivity index (χ2n) is 6.65. The fourth-order valence-corrected chi connectivity index (χ4v) is 3.30. The van der Waals surface area contributed by atoms with Crippen molar-refractivity contribution >= 4 is 5.78 Å². The van der Waals surface area contributed by atoms with Gasteiger partial charge in [-0.3, -0.25) is 4.79 Å². The van der Waals surface area contributed by atoms with E-state index in [1.54, 1.807) is 12.1 Å². The molecular formula is C22H23F2N2O2+. The standard InChI is InChI=1S/C22H23F2N2O2/c1-4-17-9-11-25(12-10-17)14-21(27)20-13-15(2)26(16(20)3)18-5-7-19(8-6-18)28-22(23)24/h5-13,22H,4,14H2,1-3H3/q+1. The minimum Gasteiger partial charge on any atom is -0.435 e. The highest BCUT2D eigenvalue weighted by Crippen LogP contribution is 2.24. The molecule has 1 aromatic carbocycles. The third-order valence-corrected chi connectivity index (χ3v) is 4.75. The third kappa shape index (κ3) is 4.27. The normalized spacial score (nSPS) is 11.1. The van der Waals surface area contributed by atoms with Gasteiger partial charge in [0.05, 0.1) is 0 Å². The molecule has 0 radical (unpaired) electrons. The SMILES string of the molecule is CCc1cc[n+](CC(=O)c2cc(C)n(-c3ccc(OC(F)F)cc3)c2C)cc1. The predicted octanol–water partition coefficient (Wildman–Crippen LogP) is 4.43. The van der Waals surface area contributed by atoms with Crippen LogP contribution in [0, 0.1) is 13.8 Å². The quantitative estimate of drug-likeness (QED) is 0.446. The van der Waals surface area contributed by atoms with E-state index in [2.05, 4.69) is 11.7 Å². The molecule has 3 aromatic rings. The maximum Gasteiger partial charge on any atom is 0.387 e. The Morgan fingerprint density at radius 1 is 1.11 bits per heavy atom. The molecule has 0 bridgehead atoms. The fourth-order valence-electron chi connectivity index (χ4n) is 3.30. The summed E-state index contributed by atoms with van der Waals surface area (Å²) in [5, 5.41) is 0. The van der Waals surface area contributed by atoms with Crippen molar-refractivity contribution < 1.29 is 22.9 Å². The number of pyridine rings is 1. The summed E-state index contributed by atoms with van der Waals surface area (Å²) in [6.45, 7) is 3.29. The summed E-state index contributed by atoms with van der Waals surface area (Å²) in [4.78, 5) is 12.8. The van der Waals surface area contributed by atoms with E-state index in [1.165, 1.54) is 17.7 Å². The highest BCUT2D eigenvalue weighted by atomic mass is 19.3. The van der Waals surface area contributed by atoms with Gasteiger partial charge in [-0.25, -0.2) is 0 Å². The maximum atomic E-state index is 12.8. The molecule has 146 valence electrons. The molecule has 0 spiro atoms. The summed E-state index contributed by atoms with van der Waals surface area (Å²) in [5.41, 5.74) is 4.37. The molecule has 2 aromatic heterocycles. The van der Waals surface area contributed by atoms with Gasteiger partial charge in [0, 0.05) is 34.8 Å². The zero-order valence-electron chi connectivity index (χ0n) is 16.2. The molecular weight excluding hydrogens is 362 g/mol. The Labute approximate surface area is 163 Å². The molecule has 0 aliphatic rings. The number of aromatic nitrogens is 2. The van der Waals surface area contributed by atoms with E-state index in [0.29, 0.717) is 5.56 Å². The van der Waals surface area contributed by atoms with Crippen molar-refractivity contribution in [2.75, 3.05) is 0 Å². The van der Waals surface area contributed by atoms with Gasteiger partial charge in [0.25, 0.3) is 0 Å². The smallest absolute Gasteiger partial charge is 0.387 e. The predicted molar refractivity (Wildman–Crippen MR) is 102 cm³/mol. The van der Waals surface area contributed by atoms with Gasteiger partial charge < -0.3 is 9.30 Å². The number of hydrogen-bond acceptors (Lipinski definition) is 2. The lowest BCUT2D eigenvalue weighted by Gasteiger charge is -2.11. The van der Waals surface area contributed by atoms with E-state index >= 15 is 0 Å². The molecule has 4 nitrogen and oxygen atoms in total. The number of ether oxygens (including phenoxy) is 1. The molecule has 6 heteroatoms. The number of nitrogens with zero attached hydrogens (tertiary/aromatic N) is 2. The van der Waals surface area contributed by atoms with Crippen molar-refractivity contribution in [2.45, 2.75) is 40.3 Å². The monoisotopic (exact) mass is 385 g/mol. The zero-order chi connectivity index (χ0) is 20.3. The average molecular weight is 385 g/mol. The number of ketones is 1. The largest absolute Gasteiger partial charge is 0.435 e. The van der Waals surface area contributed by atoms with Gasteiger partial charge in [0.2, 0.25) is 12.3 Å². The Hall–Kier alpha value is -3.02. The van der Waals surface area contributed by atoms with Crippen LogP contribution in [0.1, 0.15) is 34.2 Å². The minimum atomic E-state index is -2.85. The molecule has 3 rings (SSSR count). The van der Waals surface area contributed by atoms with Crippen LogP contribution in [0.5, 0.6) is 5.75 Å². The minimum absolute atomic E-state index is 0.0197. The van der Waals surface area contributed by atoms with Crippen LogP contribution in [-0.4, -0.2) is 17.0 Å². The van der Waals surface area contributed by atoms with E-state index < -0.39 is 6.61 Å². The summed E-state index contributed by atoms with van der Waals surface area (Å²) >= 11 is 0. The van der Waals surface area contributed by atoms with E-state index in [9.17, 15) is 13.6 Å². The number of carbonyl (C=O) groups excluding carboxylic acids is 1. The Morgan fingerprint density at radius 3 is 2.32 bits per heavy atom. The fraction of sp³-hybridized carbons (Fsp3) is 0.273. The molecule has 0 saturated carbocycles. The number of halogens is 2. The van der Waals surface area contributed by atoms with Crippen LogP contribution in [0.25, 0.3) is 5.69 Å². The number of rotatable bonds is 7. The first-order valence-electron chi connectivity index (χ1n) is 9.14. The Balaban J connectivity index is 1.83. The first-order chi connectivity index (χ1) is 13.4. The highest BCUT2D eigenvalue weighted by Gasteiger charge is 2.20. The number of hydrogen-bond donors (Lipinski definition) is 0. The van der Waals surface area contributed by atoms with Crippen LogP contribution in [-0.2, 0) is 13.0 Å². The molecule has 0 saturated heterocycles. The number of aryl methyl sites for hydroxylation is 2. The average Bonchev–Trinajstić information content (AvgIpc) is 2.97. The van der Waals surface area contributed by atoms with Gasteiger partial charge in [-0.05, 0) is 56.2 Å². The molecule has 2 heterocycles. The molecule has 0 fully saturated rings. The molecule has 0 aliphatic heterocycles. The summed E-state index contributed by atoms with van der Waals surface area (Å²) in [5.74, 6) is 0.121. The lowest BCUT2D eigenvalue weighted by molar-refractivity contribution is -0.683. The first-order valence-corrected chi connectivity index (χ1v) is 9.14. The lowest BCUT2D eigenvalue weighted by atomic mass is 10.1. The second-order valence-corrected chi connectivity index (χ2v) is 6.65. The van der Waals surface area contributed by atoms with Crippen molar-refractivity contribution in [3.05, 3.63) is 77.4 Å². The Kier molecular flexibility index (Phi) is 5.87. The number of carbonyl (C=O) groups is 1. The van der Waals surface area contributed by atoms with Gasteiger partial charge in [-0.2, -0.15) is 13.3 Å². The van der Waals surface area contributed by atoms with Crippen molar-refractivity contribution in [3.8, 4) is 11.4 Å². The number of benzene rings is 1. The van der Waals surface area contributed by atoms with E-state index in [0.717, 1.165) is 23.5 Å². The molecule has 0 unspecified atom stereocenters. The van der Waals surface area contributed by atoms with Crippen LogP contribution >= 0.6 is 0 Å². The Bertz CT molecular complexity index is 961. The zero-order valence-corrected chi connectivity index (χ0v) is 16.2. The lowest BCUT2D eigenvalue weighted by Crippen LogP contribution is -2.37. The Morgan fingerprint density at radius 2 is 1.75 bits per heavy atom. The molecule has 0 N–H and O–H groups in total. The number of Topliss-reactive ketones (excluding diaryl/α,β-unsaturated/α-hetero) is 1. The van der Waals surface area contributed by atoms with Gasteiger partial charge >= 0.3 is 6.61 Å². The molecule has 0 amide bonds. The van der Waals surface area contributed by atoms with Crippen LogP contribution in [0.2, 0.25) is 0 Å². The van der Waals surface area contributed by atoms with E-state index in [-0.39, 0.29) is 18.1 Å². The highest BCUT2D eigenvalue weighted by molar-refractivity contribution is 5.96. The van der Waals surface area contributed by atoms with Crippen LogP contribution in [0.3, 0.4) is 0 Å². The van der Waals surface area contributed by atoms with E-state index in [1.807, 2.05) is 53.6 Å². The molecule has 28 heavy (non-hydrogen) atoms. The van der Waals surface area contributed by atoms with Crippen LogP contribution in [0.4, 0.5) is 8.78 Å². The second kappa shape index (κ2) is 8.33. The third-order valence-electron chi connectivity index (χ3n) is 4.75. The number of alkyl halides is 2. The summed E-state index contributed by atoms with van der Waals surface area (Å²) < 4.78 is 32.8. The molecule has 0 atom stereocenters. The van der Waals surface area contributed by atoms with E-state index in [4.69, 9.17) is 0 Å². The van der Waals surface area contributed by atoms with Gasteiger partial charge in [-0.15, -0.1) is 0 Å². The van der Waals surface area contributed by atoms with Crippen molar-refractivity contribution in [3.63, 3.8) is 0 Å². The van der Waals surface area contributed by atoms with Crippen molar-refractivity contribution in [1.29, 1.82) is 0 Å². The van der Waals surface area contributed by atoms with Gasteiger partial charge in [0.15, 0.2) is 12.4 Å². The maximum absolute atomic E-state index is 12.8. The van der Waals surface area contributed by atoms with Crippen LogP contribution < -0.4 is 9.30 Å². The first kappa shape index (κ1) is 19.7. The van der Waals surface area contributed by atoms with Gasteiger partial charge in [0.1, 0.15) is 5.75 Å². The van der Waals surface area contributed by atoms with Gasteiger partial charge in [-0.1, -0.05) is 6.92 Å². The van der Waals surface area contributed by atoms with Crippen molar-refractivity contribution in [2.24, 2.45) is 0 Å². The summed E-state index contributed by atoms with van der Waals surface area (Å²) in [6.07, 6.45) is 4.78. The summed E-state index contributed by atoms with van der Waals surface area (Å²) in [7, 11) is 0. The summed E-state index contributed by atoms with van der Waals surface area (Å²) in [6, 6.07) is 12.3.